The summed E-state index contributed by atoms with van der Waals surface area (Å²) < 4.78 is 30.2. The van der Waals surface area contributed by atoms with E-state index in [-0.39, 0.29) is 0 Å². The van der Waals surface area contributed by atoms with Crippen LogP contribution in [0.15, 0.2) is 4.52 Å². The normalized spacial score (nSPS) is 26.5. The molecule has 0 atom stereocenters. The molecule has 2 aliphatic carbocycles. The van der Waals surface area contributed by atoms with Gasteiger partial charge >= 0.3 is 6.01 Å². The molecule has 0 bridgehead atoms. The first-order chi connectivity index (χ1) is 11.0. The van der Waals surface area contributed by atoms with Gasteiger partial charge in [-0.05, 0) is 44.4 Å². The zero-order valence-electron chi connectivity index (χ0n) is 13.6. The van der Waals surface area contributed by atoms with Crippen LogP contribution in [0.5, 0.6) is 0 Å². The lowest BCUT2D eigenvalue weighted by Gasteiger charge is -2.28. The summed E-state index contributed by atoms with van der Waals surface area (Å²) in [6, 6.07) is 0.867. The van der Waals surface area contributed by atoms with Gasteiger partial charge in [0.2, 0.25) is 10.0 Å². The van der Waals surface area contributed by atoms with Crippen molar-refractivity contribution in [2.75, 3.05) is 18.1 Å². The fraction of sp³-hybridized carbons (Fsp3) is 0.867. The smallest absolute Gasteiger partial charge is 0.321 e. The Bertz CT molecular complexity index is 602. The van der Waals surface area contributed by atoms with Crippen molar-refractivity contribution in [1.29, 1.82) is 0 Å². The molecule has 0 spiro atoms. The molecule has 0 aliphatic heterocycles. The summed E-state index contributed by atoms with van der Waals surface area (Å²) >= 11 is 0. The fourth-order valence-corrected chi connectivity index (χ4v) is 4.14. The molecule has 0 amide bonds. The molecule has 0 radical (unpaired) electrons. The Kier molecular flexibility index (Phi) is 5.21. The number of anilines is 1. The second-order valence-corrected chi connectivity index (χ2v) is 8.75. The van der Waals surface area contributed by atoms with Crippen molar-refractivity contribution in [1.82, 2.24) is 14.9 Å². The van der Waals surface area contributed by atoms with Gasteiger partial charge in [-0.2, -0.15) is 4.98 Å². The molecule has 0 unspecified atom stereocenters. The number of hydrogen-bond acceptors (Lipinski definition) is 6. The highest BCUT2D eigenvalue weighted by Gasteiger charge is 2.25. The van der Waals surface area contributed by atoms with Gasteiger partial charge in [0, 0.05) is 18.5 Å². The van der Waals surface area contributed by atoms with Crippen LogP contribution < -0.4 is 10.0 Å². The SMILES string of the molecule is CS(=O)(=O)NC[C@H]1CC[C@H](Nc2nc(C3CCCC3)no2)CC1. The molecule has 2 fully saturated rings. The maximum Gasteiger partial charge on any atom is 0.321 e. The quantitative estimate of drug-likeness (QED) is 0.823. The molecule has 2 aliphatic rings. The number of nitrogens with zero attached hydrogens (tertiary/aromatic N) is 2. The molecule has 0 aromatic carbocycles. The third kappa shape index (κ3) is 4.91. The third-order valence-electron chi connectivity index (χ3n) is 4.97. The van der Waals surface area contributed by atoms with Gasteiger partial charge in [0.1, 0.15) is 0 Å². The lowest BCUT2D eigenvalue weighted by Crippen LogP contribution is -2.33. The van der Waals surface area contributed by atoms with Crippen molar-refractivity contribution in [3.05, 3.63) is 5.82 Å². The van der Waals surface area contributed by atoms with E-state index >= 15 is 0 Å². The molecule has 8 heteroatoms. The minimum atomic E-state index is -3.09. The number of rotatable bonds is 6. The molecule has 7 nitrogen and oxygen atoms in total. The lowest BCUT2D eigenvalue weighted by atomic mass is 9.86. The van der Waals surface area contributed by atoms with Gasteiger partial charge in [-0.3, -0.25) is 0 Å². The van der Waals surface area contributed by atoms with Crippen LogP contribution in [-0.4, -0.2) is 37.4 Å². The third-order valence-corrected chi connectivity index (χ3v) is 5.66. The number of sulfonamides is 1. The topological polar surface area (TPSA) is 97.1 Å². The average molecular weight is 342 g/mol. The summed E-state index contributed by atoms with van der Waals surface area (Å²) in [5, 5.41) is 7.45. The summed E-state index contributed by atoms with van der Waals surface area (Å²) in [5.74, 6) is 1.72. The predicted octanol–water partition coefficient (Wildman–Crippen LogP) is 2.25. The van der Waals surface area contributed by atoms with Crippen LogP contribution >= 0.6 is 0 Å². The van der Waals surface area contributed by atoms with E-state index in [4.69, 9.17) is 4.52 Å². The molecular weight excluding hydrogens is 316 g/mol. The zero-order chi connectivity index (χ0) is 16.3. The van der Waals surface area contributed by atoms with Gasteiger partial charge < -0.3 is 9.84 Å². The van der Waals surface area contributed by atoms with Crippen molar-refractivity contribution >= 4 is 16.0 Å². The summed E-state index contributed by atoms with van der Waals surface area (Å²) in [5.41, 5.74) is 0. The zero-order valence-corrected chi connectivity index (χ0v) is 14.4. The molecule has 0 saturated heterocycles. The van der Waals surface area contributed by atoms with Crippen molar-refractivity contribution < 1.29 is 12.9 Å². The molecule has 1 aromatic heterocycles. The van der Waals surface area contributed by atoms with E-state index in [0.29, 0.717) is 30.4 Å². The Balaban J connectivity index is 1.43. The Labute approximate surface area is 137 Å². The molecule has 3 rings (SSSR count). The average Bonchev–Trinajstić information content (AvgIpc) is 3.16. The summed E-state index contributed by atoms with van der Waals surface area (Å²) in [7, 11) is -3.09. The van der Waals surface area contributed by atoms with E-state index in [1.54, 1.807) is 0 Å². The summed E-state index contributed by atoms with van der Waals surface area (Å²) in [6.45, 7) is 0.540. The Hall–Kier alpha value is -1.15. The van der Waals surface area contributed by atoms with Crippen LogP contribution in [0.2, 0.25) is 0 Å². The Morgan fingerprint density at radius 2 is 1.83 bits per heavy atom. The highest BCUT2D eigenvalue weighted by Crippen LogP contribution is 2.33. The van der Waals surface area contributed by atoms with Crippen molar-refractivity contribution in [3.8, 4) is 0 Å². The second kappa shape index (κ2) is 7.17. The summed E-state index contributed by atoms with van der Waals surface area (Å²) in [6.07, 6.45) is 10.1. The number of aromatic nitrogens is 2. The Morgan fingerprint density at radius 1 is 1.13 bits per heavy atom. The van der Waals surface area contributed by atoms with E-state index < -0.39 is 10.0 Å². The van der Waals surface area contributed by atoms with E-state index in [9.17, 15) is 8.42 Å². The first-order valence-corrected chi connectivity index (χ1v) is 10.4. The minimum absolute atomic E-state index is 0.335. The van der Waals surface area contributed by atoms with Gasteiger partial charge in [0.05, 0.1) is 6.26 Å². The monoisotopic (exact) mass is 342 g/mol. The molecule has 130 valence electrons. The van der Waals surface area contributed by atoms with E-state index in [1.165, 1.54) is 19.1 Å². The number of hydrogen-bond donors (Lipinski definition) is 2. The van der Waals surface area contributed by atoms with Crippen LogP contribution in [-0.2, 0) is 10.0 Å². The maximum absolute atomic E-state index is 11.1. The lowest BCUT2D eigenvalue weighted by molar-refractivity contribution is 0.329. The number of nitrogens with one attached hydrogen (secondary N) is 2. The van der Waals surface area contributed by atoms with E-state index in [0.717, 1.165) is 44.3 Å². The van der Waals surface area contributed by atoms with Crippen LogP contribution in [0.25, 0.3) is 0 Å². The van der Waals surface area contributed by atoms with Crippen molar-refractivity contribution in [3.63, 3.8) is 0 Å². The van der Waals surface area contributed by atoms with Gasteiger partial charge in [-0.1, -0.05) is 18.0 Å². The van der Waals surface area contributed by atoms with Crippen LogP contribution in [0.3, 0.4) is 0 Å². The van der Waals surface area contributed by atoms with Gasteiger partial charge in [-0.15, -0.1) is 0 Å². The van der Waals surface area contributed by atoms with Crippen LogP contribution in [0.1, 0.15) is 63.1 Å². The maximum atomic E-state index is 11.1. The second-order valence-electron chi connectivity index (χ2n) is 6.92. The van der Waals surface area contributed by atoms with Crippen molar-refractivity contribution in [2.45, 2.75) is 63.3 Å². The molecular formula is C15H26N4O3S. The first-order valence-electron chi connectivity index (χ1n) is 8.54. The van der Waals surface area contributed by atoms with Gasteiger partial charge in [0.25, 0.3) is 0 Å². The van der Waals surface area contributed by atoms with Crippen LogP contribution in [0, 0.1) is 5.92 Å². The molecule has 2 N–H and O–H groups in total. The highest BCUT2D eigenvalue weighted by atomic mass is 32.2. The standard InChI is InChI=1S/C15H26N4O3S/c1-23(20,21)16-10-11-6-8-13(9-7-11)17-15-18-14(19-22-15)12-4-2-3-5-12/h11-13,16H,2-10H2,1H3,(H,17,18,19)/t11-,13-. The minimum Gasteiger partial charge on any atom is -0.335 e. The molecule has 2 saturated carbocycles. The van der Waals surface area contributed by atoms with E-state index in [2.05, 4.69) is 20.2 Å². The van der Waals surface area contributed by atoms with E-state index in [1.807, 2.05) is 0 Å². The van der Waals surface area contributed by atoms with Gasteiger partial charge in [-0.25, -0.2) is 13.1 Å². The molecule has 1 aromatic rings. The Morgan fingerprint density at radius 3 is 2.48 bits per heavy atom. The molecule has 1 heterocycles. The highest BCUT2D eigenvalue weighted by molar-refractivity contribution is 7.88. The fourth-order valence-electron chi connectivity index (χ4n) is 3.60. The van der Waals surface area contributed by atoms with Crippen LogP contribution in [0.4, 0.5) is 6.01 Å². The first kappa shape index (κ1) is 16.7. The largest absolute Gasteiger partial charge is 0.335 e. The predicted molar refractivity (Wildman–Crippen MR) is 87.7 cm³/mol. The van der Waals surface area contributed by atoms with Gasteiger partial charge in [0.15, 0.2) is 5.82 Å². The summed E-state index contributed by atoms with van der Waals surface area (Å²) in [4.78, 5) is 4.49. The molecule has 23 heavy (non-hydrogen) atoms. The van der Waals surface area contributed by atoms with Crippen molar-refractivity contribution in [2.24, 2.45) is 5.92 Å².